The Labute approximate surface area is 166 Å². The molecule has 2 aromatic carbocycles. The van der Waals surface area contributed by atoms with Gasteiger partial charge in [0.15, 0.2) is 0 Å². The molecule has 0 unspecified atom stereocenters. The fourth-order valence-corrected chi connectivity index (χ4v) is 3.42. The molecular formula is C20H20N4O5. The summed E-state index contributed by atoms with van der Waals surface area (Å²) in [6.45, 7) is 1.41. The second-order valence-electron chi connectivity index (χ2n) is 6.70. The van der Waals surface area contributed by atoms with Crippen molar-refractivity contribution in [3.05, 3.63) is 70.3 Å². The first kappa shape index (κ1) is 20.0. The molecule has 1 heterocycles. The number of carbonyl (C=O) groups is 3. The van der Waals surface area contributed by atoms with E-state index in [2.05, 4.69) is 10.6 Å². The van der Waals surface area contributed by atoms with Crippen LogP contribution in [0.3, 0.4) is 0 Å². The second-order valence-corrected chi connectivity index (χ2v) is 6.70. The molecule has 1 fully saturated rings. The van der Waals surface area contributed by atoms with Crippen molar-refractivity contribution in [3.63, 3.8) is 0 Å². The molecule has 2 N–H and O–H groups in total. The number of imide groups is 1. The Morgan fingerprint density at radius 3 is 2.55 bits per heavy atom. The van der Waals surface area contributed by atoms with Crippen molar-refractivity contribution in [2.24, 2.45) is 0 Å². The maximum absolute atomic E-state index is 13.1. The summed E-state index contributed by atoms with van der Waals surface area (Å²) in [5.41, 5.74) is -0.524. The van der Waals surface area contributed by atoms with Gasteiger partial charge in [-0.3, -0.25) is 24.6 Å². The first-order valence-corrected chi connectivity index (χ1v) is 9.11. The van der Waals surface area contributed by atoms with Crippen LogP contribution in [-0.4, -0.2) is 34.2 Å². The van der Waals surface area contributed by atoms with Crippen molar-refractivity contribution in [1.82, 2.24) is 10.2 Å². The maximum atomic E-state index is 13.1. The highest BCUT2D eigenvalue weighted by Crippen LogP contribution is 2.33. The Hall–Kier alpha value is -3.75. The van der Waals surface area contributed by atoms with Crippen molar-refractivity contribution in [2.75, 3.05) is 11.9 Å². The summed E-state index contributed by atoms with van der Waals surface area (Å²) >= 11 is 0. The minimum absolute atomic E-state index is 0.177. The van der Waals surface area contributed by atoms with Gasteiger partial charge in [0.05, 0.1) is 4.92 Å². The van der Waals surface area contributed by atoms with Crippen molar-refractivity contribution in [1.29, 1.82) is 0 Å². The molecule has 0 aliphatic carbocycles. The molecule has 150 valence electrons. The maximum Gasteiger partial charge on any atom is 0.325 e. The second kappa shape index (κ2) is 8.09. The molecule has 9 heteroatoms. The zero-order chi connectivity index (χ0) is 21.0. The van der Waals surface area contributed by atoms with E-state index >= 15 is 0 Å². The largest absolute Gasteiger partial charge is 0.325 e. The van der Waals surface area contributed by atoms with Crippen molar-refractivity contribution < 1.29 is 19.3 Å². The summed E-state index contributed by atoms with van der Waals surface area (Å²) in [4.78, 5) is 49.2. The summed E-state index contributed by atoms with van der Waals surface area (Å²) in [7, 11) is 0. The van der Waals surface area contributed by atoms with E-state index in [0.29, 0.717) is 18.4 Å². The minimum atomic E-state index is -1.21. The summed E-state index contributed by atoms with van der Waals surface area (Å²) in [5, 5.41) is 16.1. The summed E-state index contributed by atoms with van der Waals surface area (Å²) in [6, 6.07) is 13.7. The third-order valence-corrected chi connectivity index (χ3v) is 4.71. The van der Waals surface area contributed by atoms with E-state index in [0.717, 1.165) is 4.90 Å². The van der Waals surface area contributed by atoms with Crippen LogP contribution in [0.5, 0.6) is 0 Å². The number of non-ortho nitro benzene ring substituents is 1. The minimum Gasteiger partial charge on any atom is -0.324 e. The molecule has 0 aromatic heterocycles. The number of nitro groups is 1. The molecule has 0 saturated carbocycles. The van der Waals surface area contributed by atoms with E-state index in [4.69, 9.17) is 0 Å². The molecule has 0 spiro atoms. The van der Waals surface area contributed by atoms with Crippen LogP contribution in [0.2, 0.25) is 0 Å². The Kier molecular flexibility index (Phi) is 5.58. The number of benzene rings is 2. The predicted molar refractivity (Wildman–Crippen MR) is 105 cm³/mol. The summed E-state index contributed by atoms with van der Waals surface area (Å²) in [6.07, 6.45) is 1.04. The van der Waals surface area contributed by atoms with Gasteiger partial charge in [0, 0.05) is 17.8 Å². The van der Waals surface area contributed by atoms with E-state index in [-0.39, 0.29) is 11.4 Å². The summed E-state index contributed by atoms with van der Waals surface area (Å²) < 4.78 is 0. The zero-order valence-electron chi connectivity index (χ0n) is 15.8. The highest BCUT2D eigenvalue weighted by atomic mass is 16.6. The lowest BCUT2D eigenvalue weighted by Gasteiger charge is -2.26. The standard InChI is InChI=1S/C20H20N4O5/c1-2-11-20(14-7-4-3-5-8-14)18(26)23(19(27)22-20)13-17(25)21-15-9-6-10-16(12-15)24(28)29/h3-10,12H,2,11,13H2,1H3,(H,21,25)(H,22,27)/t20-/m1/s1. The van der Waals surface area contributed by atoms with Crippen LogP contribution >= 0.6 is 0 Å². The number of nitrogens with zero attached hydrogens (tertiary/aromatic N) is 2. The molecule has 29 heavy (non-hydrogen) atoms. The van der Waals surface area contributed by atoms with Crippen LogP contribution in [0, 0.1) is 10.1 Å². The molecule has 0 radical (unpaired) electrons. The van der Waals surface area contributed by atoms with Gasteiger partial charge in [0.2, 0.25) is 5.91 Å². The molecular weight excluding hydrogens is 376 g/mol. The molecule has 0 bridgehead atoms. The summed E-state index contributed by atoms with van der Waals surface area (Å²) in [5.74, 6) is -1.13. The number of amides is 4. The SMILES string of the molecule is CCC[C@]1(c2ccccc2)NC(=O)N(CC(=O)Nc2cccc([N+](=O)[O-])c2)C1=O. The van der Waals surface area contributed by atoms with Crippen LogP contribution in [0.1, 0.15) is 25.3 Å². The molecule has 1 aliphatic heterocycles. The quantitative estimate of drug-likeness (QED) is 0.423. The van der Waals surface area contributed by atoms with Crippen molar-refractivity contribution in [3.8, 4) is 0 Å². The average Bonchev–Trinajstić information content (AvgIpc) is 2.94. The lowest BCUT2D eigenvalue weighted by molar-refractivity contribution is -0.384. The predicted octanol–water partition coefficient (Wildman–Crippen LogP) is 2.78. The normalized spacial score (nSPS) is 18.4. The number of hydrogen-bond acceptors (Lipinski definition) is 5. The molecule has 2 aromatic rings. The van der Waals surface area contributed by atoms with E-state index in [1.165, 1.54) is 24.3 Å². The molecule has 1 atom stereocenters. The molecule has 1 aliphatic rings. The van der Waals surface area contributed by atoms with E-state index in [1.54, 1.807) is 24.3 Å². The van der Waals surface area contributed by atoms with Crippen LogP contribution in [0.25, 0.3) is 0 Å². The fourth-order valence-electron chi connectivity index (χ4n) is 3.42. The Morgan fingerprint density at radius 2 is 1.90 bits per heavy atom. The number of nitro benzene ring substituents is 1. The van der Waals surface area contributed by atoms with E-state index in [9.17, 15) is 24.5 Å². The van der Waals surface area contributed by atoms with Gasteiger partial charge in [-0.1, -0.05) is 49.7 Å². The fraction of sp³-hybridized carbons (Fsp3) is 0.250. The van der Waals surface area contributed by atoms with E-state index < -0.39 is 34.9 Å². The number of urea groups is 1. The smallest absolute Gasteiger partial charge is 0.324 e. The third-order valence-electron chi connectivity index (χ3n) is 4.71. The zero-order valence-corrected chi connectivity index (χ0v) is 15.8. The van der Waals surface area contributed by atoms with Crippen LogP contribution in [0.4, 0.5) is 16.2 Å². The third kappa shape index (κ3) is 3.93. The van der Waals surface area contributed by atoms with Gasteiger partial charge in [0.1, 0.15) is 12.1 Å². The van der Waals surface area contributed by atoms with E-state index in [1.807, 2.05) is 13.0 Å². The molecule has 4 amide bonds. The Morgan fingerprint density at radius 1 is 1.17 bits per heavy atom. The van der Waals surface area contributed by atoms with Gasteiger partial charge in [-0.2, -0.15) is 0 Å². The number of hydrogen-bond donors (Lipinski definition) is 2. The highest BCUT2D eigenvalue weighted by molar-refractivity contribution is 6.10. The van der Waals surface area contributed by atoms with Gasteiger partial charge >= 0.3 is 6.03 Å². The Bertz CT molecular complexity index is 962. The first-order chi connectivity index (χ1) is 13.9. The van der Waals surface area contributed by atoms with Gasteiger partial charge in [0.25, 0.3) is 11.6 Å². The molecule has 9 nitrogen and oxygen atoms in total. The van der Waals surface area contributed by atoms with Crippen LogP contribution in [0.15, 0.2) is 54.6 Å². The first-order valence-electron chi connectivity index (χ1n) is 9.11. The van der Waals surface area contributed by atoms with Gasteiger partial charge < -0.3 is 10.6 Å². The van der Waals surface area contributed by atoms with Gasteiger partial charge in [-0.05, 0) is 18.1 Å². The number of rotatable bonds is 7. The highest BCUT2D eigenvalue weighted by Gasteiger charge is 2.52. The van der Waals surface area contributed by atoms with Crippen LogP contribution < -0.4 is 10.6 Å². The number of anilines is 1. The monoisotopic (exact) mass is 396 g/mol. The van der Waals surface area contributed by atoms with Gasteiger partial charge in [-0.15, -0.1) is 0 Å². The lowest BCUT2D eigenvalue weighted by atomic mass is 9.85. The number of carbonyl (C=O) groups excluding carboxylic acids is 3. The van der Waals surface area contributed by atoms with Crippen molar-refractivity contribution in [2.45, 2.75) is 25.3 Å². The topological polar surface area (TPSA) is 122 Å². The van der Waals surface area contributed by atoms with Crippen molar-refractivity contribution >= 4 is 29.2 Å². The lowest BCUT2D eigenvalue weighted by Crippen LogP contribution is -2.44. The average molecular weight is 396 g/mol. The van der Waals surface area contributed by atoms with Crippen LogP contribution in [-0.2, 0) is 15.1 Å². The molecule has 3 rings (SSSR count). The Balaban J connectivity index is 1.78. The number of nitrogens with one attached hydrogen (secondary N) is 2. The van der Waals surface area contributed by atoms with Gasteiger partial charge in [-0.25, -0.2) is 4.79 Å². The molecule has 1 saturated heterocycles.